The summed E-state index contributed by atoms with van der Waals surface area (Å²) in [5.41, 5.74) is 0.658. The number of aliphatic hydroxyl groups is 1. The third-order valence-corrected chi connectivity index (χ3v) is 2.78. The van der Waals surface area contributed by atoms with E-state index in [0.717, 1.165) is 13.1 Å². The molecule has 4 heteroatoms. The summed E-state index contributed by atoms with van der Waals surface area (Å²) in [5, 5.41) is 13.1. The lowest BCUT2D eigenvalue weighted by Crippen LogP contribution is -2.48. The quantitative estimate of drug-likeness (QED) is 0.746. The second kappa shape index (κ2) is 5.09. The third kappa shape index (κ3) is 2.40. The molecule has 0 saturated carbocycles. The number of rotatable bonds is 2. The Hall–Kier alpha value is -1.39. The summed E-state index contributed by atoms with van der Waals surface area (Å²) in [5.74, 6) is -0.201. The van der Waals surface area contributed by atoms with E-state index in [0.29, 0.717) is 18.7 Å². The monoisotopic (exact) mass is 220 g/mol. The number of amides is 1. The zero-order valence-corrected chi connectivity index (χ0v) is 9.10. The van der Waals surface area contributed by atoms with Crippen molar-refractivity contribution in [3.63, 3.8) is 0 Å². The van der Waals surface area contributed by atoms with Gasteiger partial charge in [-0.15, -0.1) is 0 Å². The number of nitrogens with zero attached hydrogens (tertiary/aromatic N) is 1. The molecule has 2 N–H and O–H groups in total. The van der Waals surface area contributed by atoms with E-state index in [1.807, 2.05) is 18.2 Å². The molecule has 1 aromatic rings. The number of nitrogens with one attached hydrogen (secondary N) is 1. The molecule has 1 atom stereocenters. The average molecular weight is 220 g/mol. The molecule has 2 rings (SSSR count). The van der Waals surface area contributed by atoms with Crippen LogP contribution in [-0.2, 0) is 4.79 Å². The Labute approximate surface area is 94.9 Å². The summed E-state index contributed by atoms with van der Waals surface area (Å²) in [6.07, 6.45) is -1.03. The molecule has 4 nitrogen and oxygen atoms in total. The molecular formula is C12H16N2O2. The molecule has 1 fully saturated rings. The number of hydrogen-bond acceptors (Lipinski definition) is 3. The Morgan fingerprint density at radius 1 is 1.25 bits per heavy atom. The topological polar surface area (TPSA) is 52.6 Å². The van der Waals surface area contributed by atoms with E-state index in [-0.39, 0.29) is 5.91 Å². The molecule has 0 radical (unpaired) electrons. The van der Waals surface area contributed by atoms with Gasteiger partial charge in [0.25, 0.3) is 5.91 Å². The van der Waals surface area contributed by atoms with Crippen LogP contribution in [0.2, 0.25) is 0 Å². The maximum Gasteiger partial charge on any atom is 0.256 e. The molecule has 0 unspecified atom stereocenters. The van der Waals surface area contributed by atoms with Crippen molar-refractivity contribution in [2.75, 3.05) is 26.2 Å². The van der Waals surface area contributed by atoms with Gasteiger partial charge in [0.1, 0.15) is 0 Å². The molecule has 0 aliphatic carbocycles. The fourth-order valence-corrected chi connectivity index (χ4v) is 1.84. The fourth-order valence-electron chi connectivity index (χ4n) is 1.84. The number of aliphatic hydroxyl groups excluding tert-OH is 1. The first-order chi connectivity index (χ1) is 7.79. The lowest BCUT2D eigenvalue weighted by atomic mass is 10.1. The lowest BCUT2D eigenvalue weighted by Gasteiger charge is -2.29. The number of carbonyl (C=O) groups is 1. The van der Waals surface area contributed by atoms with Gasteiger partial charge in [-0.25, -0.2) is 0 Å². The van der Waals surface area contributed by atoms with Crippen LogP contribution in [0, 0.1) is 0 Å². The van der Waals surface area contributed by atoms with Gasteiger partial charge in [-0.2, -0.15) is 0 Å². The minimum atomic E-state index is -1.03. The van der Waals surface area contributed by atoms with E-state index < -0.39 is 6.10 Å². The number of piperazine rings is 1. The molecule has 1 aliphatic rings. The largest absolute Gasteiger partial charge is 0.378 e. The van der Waals surface area contributed by atoms with Crippen LogP contribution in [0.25, 0.3) is 0 Å². The highest BCUT2D eigenvalue weighted by Crippen LogP contribution is 2.15. The lowest BCUT2D eigenvalue weighted by molar-refractivity contribution is -0.141. The van der Waals surface area contributed by atoms with E-state index in [1.54, 1.807) is 17.0 Å². The van der Waals surface area contributed by atoms with Crippen LogP contribution in [0.3, 0.4) is 0 Å². The van der Waals surface area contributed by atoms with Crippen molar-refractivity contribution in [2.24, 2.45) is 0 Å². The van der Waals surface area contributed by atoms with Gasteiger partial charge >= 0.3 is 0 Å². The molecule has 1 aromatic carbocycles. The zero-order valence-electron chi connectivity index (χ0n) is 9.10. The van der Waals surface area contributed by atoms with Crippen LogP contribution in [0.4, 0.5) is 0 Å². The smallest absolute Gasteiger partial charge is 0.256 e. The summed E-state index contributed by atoms with van der Waals surface area (Å²) >= 11 is 0. The van der Waals surface area contributed by atoms with Gasteiger partial charge in [0.15, 0.2) is 6.10 Å². The summed E-state index contributed by atoms with van der Waals surface area (Å²) < 4.78 is 0. The van der Waals surface area contributed by atoms with Crippen molar-refractivity contribution in [3.05, 3.63) is 35.9 Å². The first kappa shape index (κ1) is 11.1. The van der Waals surface area contributed by atoms with Gasteiger partial charge in [0, 0.05) is 26.2 Å². The molecule has 1 saturated heterocycles. The number of carbonyl (C=O) groups excluding carboxylic acids is 1. The highest BCUT2D eigenvalue weighted by atomic mass is 16.3. The Balaban J connectivity index is 2.04. The van der Waals surface area contributed by atoms with Gasteiger partial charge in [-0.1, -0.05) is 30.3 Å². The van der Waals surface area contributed by atoms with Gasteiger partial charge < -0.3 is 15.3 Å². The van der Waals surface area contributed by atoms with Crippen molar-refractivity contribution < 1.29 is 9.90 Å². The SMILES string of the molecule is O=C([C@@H](O)c1ccccc1)N1CCNCC1. The number of benzene rings is 1. The first-order valence-electron chi connectivity index (χ1n) is 5.51. The van der Waals surface area contributed by atoms with Crippen LogP contribution in [-0.4, -0.2) is 42.1 Å². The highest BCUT2D eigenvalue weighted by molar-refractivity contribution is 5.82. The molecule has 0 aromatic heterocycles. The standard InChI is InChI=1S/C12H16N2O2/c15-11(10-4-2-1-3-5-10)12(16)14-8-6-13-7-9-14/h1-5,11,13,15H,6-9H2/t11-/m0/s1. The van der Waals surface area contributed by atoms with Crippen molar-refractivity contribution in [1.82, 2.24) is 10.2 Å². The van der Waals surface area contributed by atoms with Gasteiger partial charge in [-0.3, -0.25) is 4.79 Å². The minimum Gasteiger partial charge on any atom is -0.378 e. The van der Waals surface area contributed by atoms with Gasteiger partial charge in [0.05, 0.1) is 0 Å². The zero-order chi connectivity index (χ0) is 11.4. The molecule has 1 aliphatic heterocycles. The molecule has 0 spiro atoms. The van der Waals surface area contributed by atoms with E-state index in [9.17, 15) is 9.90 Å². The fraction of sp³-hybridized carbons (Fsp3) is 0.417. The molecule has 16 heavy (non-hydrogen) atoms. The second-order valence-corrected chi connectivity index (χ2v) is 3.89. The average Bonchev–Trinajstić information content (AvgIpc) is 2.39. The predicted molar refractivity (Wildman–Crippen MR) is 60.9 cm³/mol. The molecule has 86 valence electrons. The molecule has 1 amide bonds. The first-order valence-corrected chi connectivity index (χ1v) is 5.51. The third-order valence-electron chi connectivity index (χ3n) is 2.78. The van der Waals surface area contributed by atoms with Crippen molar-refractivity contribution >= 4 is 5.91 Å². The molecular weight excluding hydrogens is 204 g/mol. The Morgan fingerprint density at radius 3 is 2.50 bits per heavy atom. The van der Waals surface area contributed by atoms with Gasteiger partial charge in [0.2, 0.25) is 0 Å². The van der Waals surface area contributed by atoms with E-state index >= 15 is 0 Å². The van der Waals surface area contributed by atoms with Crippen LogP contribution in [0.1, 0.15) is 11.7 Å². The summed E-state index contributed by atoms with van der Waals surface area (Å²) in [6.45, 7) is 2.94. The highest BCUT2D eigenvalue weighted by Gasteiger charge is 2.24. The summed E-state index contributed by atoms with van der Waals surface area (Å²) in [7, 11) is 0. The van der Waals surface area contributed by atoms with E-state index in [2.05, 4.69) is 5.32 Å². The van der Waals surface area contributed by atoms with E-state index in [1.165, 1.54) is 0 Å². The molecule has 0 bridgehead atoms. The van der Waals surface area contributed by atoms with Crippen LogP contribution < -0.4 is 5.32 Å². The van der Waals surface area contributed by atoms with Crippen LogP contribution >= 0.6 is 0 Å². The molecule has 1 heterocycles. The Kier molecular flexibility index (Phi) is 3.54. The second-order valence-electron chi connectivity index (χ2n) is 3.89. The summed E-state index contributed by atoms with van der Waals surface area (Å²) in [4.78, 5) is 13.6. The van der Waals surface area contributed by atoms with Crippen molar-refractivity contribution in [1.29, 1.82) is 0 Å². The van der Waals surface area contributed by atoms with Crippen LogP contribution in [0.15, 0.2) is 30.3 Å². The van der Waals surface area contributed by atoms with Gasteiger partial charge in [-0.05, 0) is 5.56 Å². The Morgan fingerprint density at radius 2 is 1.88 bits per heavy atom. The maximum absolute atomic E-state index is 11.9. The normalized spacial score (nSPS) is 18.2. The van der Waals surface area contributed by atoms with Crippen LogP contribution in [0.5, 0.6) is 0 Å². The number of hydrogen-bond donors (Lipinski definition) is 2. The minimum absolute atomic E-state index is 0.201. The van der Waals surface area contributed by atoms with E-state index in [4.69, 9.17) is 0 Å². The van der Waals surface area contributed by atoms with Crippen molar-refractivity contribution in [2.45, 2.75) is 6.10 Å². The Bertz CT molecular complexity index is 347. The van der Waals surface area contributed by atoms with Crippen molar-refractivity contribution in [3.8, 4) is 0 Å². The summed E-state index contributed by atoms with van der Waals surface area (Å²) in [6, 6.07) is 9.05. The maximum atomic E-state index is 11.9. The predicted octanol–water partition coefficient (Wildman–Crippen LogP) is 0.152.